The number of amides is 1. The smallest absolute Gasteiger partial charge is 0.260 e. The molecule has 1 aliphatic heterocycles. The summed E-state index contributed by atoms with van der Waals surface area (Å²) in [5.41, 5.74) is 4.81. The van der Waals surface area contributed by atoms with Gasteiger partial charge in [-0.3, -0.25) is 14.2 Å². The van der Waals surface area contributed by atoms with Crippen molar-refractivity contribution in [2.75, 3.05) is 43.4 Å². The molecule has 0 spiro atoms. The highest BCUT2D eigenvalue weighted by Gasteiger charge is 2.28. The Balaban J connectivity index is 1.39. The highest BCUT2D eigenvalue weighted by atomic mass is 35.5. The van der Waals surface area contributed by atoms with E-state index in [0.717, 1.165) is 50.3 Å². The van der Waals surface area contributed by atoms with E-state index in [2.05, 4.69) is 51.5 Å². The van der Waals surface area contributed by atoms with E-state index in [1.54, 1.807) is 10.8 Å². The summed E-state index contributed by atoms with van der Waals surface area (Å²) < 4.78 is 16.1. The van der Waals surface area contributed by atoms with Crippen LogP contribution in [-0.4, -0.2) is 64.6 Å². The van der Waals surface area contributed by atoms with Crippen molar-refractivity contribution in [3.63, 3.8) is 0 Å². The maximum absolute atomic E-state index is 14.4. The van der Waals surface area contributed by atoms with Crippen molar-refractivity contribution in [3.05, 3.63) is 74.9 Å². The summed E-state index contributed by atoms with van der Waals surface area (Å²) in [4.78, 5) is 40.3. The van der Waals surface area contributed by atoms with Crippen LogP contribution < -0.4 is 21.1 Å². The van der Waals surface area contributed by atoms with Crippen LogP contribution >= 0.6 is 11.6 Å². The van der Waals surface area contributed by atoms with Gasteiger partial charge in [0.25, 0.3) is 5.56 Å². The van der Waals surface area contributed by atoms with Gasteiger partial charge in [-0.2, -0.15) is 4.98 Å². The molecule has 1 aliphatic carbocycles. The summed E-state index contributed by atoms with van der Waals surface area (Å²) >= 11 is 6.53. The number of aryl methyl sites for hydroxylation is 2. The molecule has 0 radical (unpaired) electrons. The molecule has 11 heteroatoms. The van der Waals surface area contributed by atoms with Crippen LogP contribution in [0.3, 0.4) is 0 Å². The van der Waals surface area contributed by atoms with Crippen LogP contribution in [0, 0.1) is 19.7 Å². The van der Waals surface area contributed by atoms with Crippen LogP contribution in [0.2, 0.25) is 5.02 Å². The fourth-order valence-corrected chi connectivity index (χ4v) is 6.98. The number of halogens is 2. The third-order valence-electron chi connectivity index (χ3n) is 9.17. The Morgan fingerprint density at radius 1 is 1.02 bits per heavy atom. The number of rotatable bonds is 6. The van der Waals surface area contributed by atoms with Crippen molar-refractivity contribution < 1.29 is 9.18 Å². The Morgan fingerprint density at radius 2 is 1.76 bits per heavy atom. The molecule has 2 N–H and O–H groups in total. The number of nitrogens with one attached hydrogen (secondary N) is 2. The fraction of sp³-hybridized carbons (Fsp3) is 0.412. The van der Waals surface area contributed by atoms with Crippen LogP contribution in [0.4, 0.5) is 21.7 Å². The number of piperazine rings is 1. The number of nitrogens with zero attached hydrogens (tertiary/aromatic N) is 5. The SMILES string of the molecule is CC(=O)N[C@H]1CC[C@@H](n2c(=O)c(-c3cc(F)ccc3Cl)c(C)c3cnc(Nc4ccc(N5CCN(C)CC5)c(C)c4)nc32)CC1. The number of hydrogen-bond donors (Lipinski definition) is 2. The molecule has 1 saturated heterocycles. The lowest BCUT2D eigenvalue weighted by molar-refractivity contribution is -0.119. The molecule has 0 atom stereocenters. The summed E-state index contributed by atoms with van der Waals surface area (Å²) in [6.07, 6.45) is 4.55. The Bertz CT molecular complexity index is 1810. The predicted octanol–water partition coefficient (Wildman–Crippen LogP) is 5.98. The molecule has 9 nitrogen and oxygen atoms in total. The first-order valence-electron chi connectivity index (χ1n) is 15.5. The van der Waals surface area contributed by atoms with Crippen molar-refractivity contribution in [2.45, 2.75) is 58.5 Å². The third-order valence-corrected chi connectivity index (χ3v) is 9.50. The van der Waals surface area contributed by atoms with Gasteiger partial charge in [-0.25, -0.2) is 9.37 Å². The summed E-state index contributed by atoms with van der Waals surface area (Å²) in [6.45, 7) is 9.51. The first-order valence-corrected chi connectivity index (χ1v) is 15.9. The Morgan fingerprint density at radius 3 is 2.44 bits per heavy atom. The van der Waals surface area contributed by atoms with Crippen LogP contribution in [0.5, 0.6) is 0 Å². The average Bonchev–Trinajstić information content (AvgIpc) is 3.00. The Labute approximate surface area is 267 Å². The number of hydrogen-bond acceptors (Lipinski definition) is 7. The molecule has 6 rings (SSSR count). The lowest BCUT2D eigenvalue weighted by Crippen LogP contribution is -2.44. The maximum Gasteiger partial charge on any atom is 0.260 e. The molecule has 1 saturated carbocycles. The topological polar surface area (TPSA) is 95.4 Å². The zero-order valence-electron chi connectivity index (χ0n) is 26.2. The molecule has 1 amide bonds. The molecule has 4 aromatic rings. The minimum absolute atomic E-state index is 0.0605. The monoisotopic (exact) mass is 631 g/mol. The minimum atomic E-state index is -0.472. The second-order valence-electron chi connectivity index (χ2n) is 12.4. The van der Waals surface area contributed by atoms with Gasteiger partial charge < -0.3 is 20.4 Å². The normalized spacial score (nSPS) is 19.1. The van der Waals surface area contributed by atoms with Gasteiger partial charge in [0.05, 0.1) is 5.56 Å². The second kappa shape index (κ2) is 12.8. The third kappa shape index (κ3) is 6.39. The summed E-state index contributed by atoms with van der Waals surface area (Å²) in [5.74, 6) is -0.152. The van der Waals surface area contributed by atoms with E-state index in [9.17, 15) is 14.0 Å². The predicted molar refractivity (Wildman–Crippen MR) is 178 cm³/mol. The molecule has 0 bridgehead atoms. The standard InChI is InChI=1S/C34H39ClFN7O2/c1-20-17-25(8-12-30(20)42-15-13-41(4)14-16-42)39-34-37-19-28-21(2)31(27-18-23(36)5-11-29(27)35)33(45)43(32(28)40-34)26-9-6-24(7-10-26)38-22(3)44/h5,8,11-12,17-19,24,26H,6-7,9-10,13-16H2,1-4H3,(H,38,44)(H,37,39,40)/t24-,26+. The van der Waals surface area contributed by atoms with Gasteiger partial charge in [0, 0.05) is 78.7 Å². The van der Waals surface area contributed by atoms with Crippen LogP contribution in [0.15, 0.2) is 47.4 Å². The number of carbonyl (C=O) groups excluding carboxylic acids is 1. The zero-order chi connectivity index (χ0) is 31.8. The van der Waals surface area contributed by atoms with Gasteiger partial charge in [-0.15, -0.1) is 0 Å². The molecular weight excluding hydrogens is 593 g/mol. The zero-order valence-corrected chi connectivity index (χ0v) is 26.9. The number of carbonyl (C=O) groups is 1. The molecule has 2 aliphatic rings. The quantitative estimate of drug-likeness (QED) is 0.270. The highest BCUT2D eigenvalue weighted by Crippen LogP contribution is 2.36. The van der Waals surface area contributed by atoms with E-state index in [0.29, 0.717) is 51.5 Å². The van der Waals surface area contributed by atoms with E-state index < -0.39 is 5.82 Å². The summed E-state index contributed by atoms with van der Waals surface area (Å²) in [5, 5.41) is 7.35. The molecule has 2 aromatic heterocycles. The van der Waals surface area contributed by atoms with E-state index in [1.807, 2.05) is 13.0 Å². The van der Waals surface area contributed by atoms with Gasteiger partial charge in [0.1, 0.15) is 11.5 Å². The lowest BCUT2D eigenvalue weighted by Gasteiger charge is -2.35. The van der Waals surface area contributed by atoms with Gasteiger partial charge in [0.2, 0.25) is 11.9 Å². The van der Waals surface area contributed by atoms with Crippen molar-refractivity contribution >= 4 is 45.9 Å². The van der Waals surface area contributed by atoms with Gasteiger partial charge in [-0.05, 0) is 94.1 Å². The number of anilines is 3. The molecule has 236 valence electrons. The fourth-order valence-electron chi connectivity index (χ4n) is 6.77. The molecule has 0 unspecified atom stereocenters. The van der Waals surface area contributed by atoms with E-state index in [1.165, 1.54) is 30.8 Å². The molecule has 2 fully saturated rings. The van der Waals surface area contributed by atoms with Crippen molar-refractivity contribution in [2.24, 2.45) is 0 Å². The Hall–Kier alpha value is -4.02. The lowest BCUT2D eigenvalue weighted by atomic mass is 9.90. The molecule has 45 heavy (non-hydrogen) atoms. The van der Waals surface area contributed by atoms with Gasteiger partial charge >= 0.3 is 0 Å². The number of benzene rings is 2. The van der Waals surface area contributed by atoms with Crippen LogP contribution in [0.1, 0.15) is 49.8 Å². The molecular formula is C34H39ClFN7O2. The van der Waals surface area contributed by atoms with Crippen LogP contribution in [-0.2, 0) is 4.79 Å². The number of fused-ring (bicyclic) bond motifs is 1. The number of aromatic nitrogens is 3. The largest absolute Gasteiger partial charge is 0.369 e. The first-order chi connectivity index (χ1) is 21.6. The van der Waals surface area contributed by atoms with E-state index in [4.69, 9.17) is 16.6 Å². The first kappa shape index (κ1) is 31.0. The summed E-state index contributed by atoms with van der Waals surface area (Å²) in [7, 11) is 2.15. The number of likely N-dealkylation sites (N-methyl/N-ethyl adjacent to an activating group) is 1. The highest BCUT2D eigenvalue weighted by molar-refractivity contribution is 6.33. The van der Waals surface area contributed by atoms with Crippen LogP contribution in [0.25, 0.3) is 22.2 Å². The van der Waals surface area contributed by atoms with E-state index in [-0.39, 0.29) is 23.6 Å². The van der Waals surface area contributed by atoms with Gasteiger partial charge in [0.15, 0.2) is 0 Å². The minimum Gasteiger partial charge on any atom is -0.369 e. The van der Waals surface area contributed by atoms with Gasteiger partial charge in [-0.1, -0.05) is 11.6 Å². The van der Waals surface area contributed by atoms with Crippen molar-refractivity contribution in [3.8, 4) is 11.1 Å². The second-order valence-corrected chi connectivity index (χ2v) is 12.8. The molecule has 3 heterocycles. The maximum atomic E-state index is 14.4. The molecule has 2 aromatic carbocycles. The Kier molecular flexibility index (Phi) is 8.79. The van der Waals surface area contributed by atoms with Crippen molar-refractivity contribution in [1.29, 1.82) is 0 Å². The van der Waals surface area contributed by atoms with E-state index >= 15 is 0 Å². The summed E-state index contributed by atoms with van der Waals surface area (Å²) in [6, 6.07) is 10.2. The average molecular weight is 632 g/mol. The van der Waals surface area contributed by atoms with Crippen molar-refractivity contribution in [1.82, 2.24) is 24.8 Å². The number of pyridine rings is 1.